The lowest BCUT2D eigenvalue weighted by Crippen LogP contribution is -2.43. The molecule has 0 spiro atoms. The lowest BCUT2D eigenvalue weighted by molar-refractivity contribution is -0.136. The van der Waals surface area contributed by atoms with Crippen LogP contribution in [-0.2, 0) is 19.1 Å². The number of halogens is 1. The predicted octanol–water partition coefficient (Wildman–Crippen LogP) is 2.65. The van der Waals surface area contributed by atoms with E-state index in [4.69, 9.17) is 13.9 Å². The van der Waals surface area contributed by atoms with Gasteiger partial charge in [-0.3, -0.25) is 9.79 Å². The summed E-state index contributed by atoms with van der Waals surface area (Å²) in [4.78, 5) is 29.4. The number of esters is 1. The molecule has 0 amide bonds. The highest BCUT2D eigenvalue weighted by Gasteiger charge is 2.47. The Bertz CT molecular complexity index is 1020. The zero-order chi connectivity index (χ0) is 18.5. The third-order valence-electron chi connectivity index (χ3n) is 5.13. The molecule has 4 heterocycles. The molecule has 1 saturated heterocycles. The van der Waals surface area contributed by atoms with E-state index in [9.17, 15) is 14.0 Å². The first kappa shape index (κ1) is 16.1. The summed E-state index contributed by atoms with van der Waals surface area (Å²) in [6.45, 7) is 0.259. The number of cyclic esters (lactones) is 1. The van der Waals surface area contributed by atoms with E-state index in [0.29, 0.717) is 28.3 Å². The molecule has 7 heteroatoms. The number of carbonyl (C=O) groups is 2. The van der Waals surface area contributed by atoms with Gasteiger partial charge in [0.1, 0.15) is 24.8 Å². The number of ketones is 1. The van der Waals surface area contributed by atoms with Gasteiger partial charge in [0, 0.05) is 5.92 Å². The molecule has 2 aromatic rings. The monoisotopic (exact) mass is 367 g/mol. The molecule has 0 saturated carbocycles. The van der Waals surface area contributed by atoms with Gasteiger partial charge >= 0.3 is 5.97 Å². The Morgan fingerprint density at radius 1 is 1.07 bits per heavy atom. The molecule has 1 aromatic carbocycles. The molecule has 0 aliphatic carbocycles. The summed E-state index contributed by atoms with van der Waals surface area (Å²) >= 11 is 0. The lowest BCUT2D eigenvalue weighted by Gasteiger charge is -2.33. The van der Waals surface area contributed by atoms with Crippen molar-refractivity contribution in [2.24, 2.45) is 10.9 Å². The molecule has 2 unspecified atom stereocenters. The van der Waals surface area contributed by atoms with Crippen molar-refractivity contribution >= 4 is 17.5 Å². The van der Waals surface area contributed by atoms with Crippen LogP contribution in [0.5, 0.6) is 0 Å². The van der Waals surface area contributed by atoms with Crippen LogP contribution in [0.3, 0.4) is 0 Å². The lowest BCUT2D eigenvalue weighted by atomic mass is 9.73. The van der Waals surface area contributed by atoms with Crippen LogP contribution in [0.15, 0.2) is 57.3 Å². The Morgan fingerprint density at radius 3 is 2.78 bits per heavy atom. The second-order valence-corrected chi connectivity index (χ2v) is 6.67. The smallest absolute Gasteiger partial charge is 0.337 e. The molecule has 27 heavy (non-hydrogen) atoms. The molecule has 6 nitrogen and oxygen atoms in total. The molecule has 2 atom stereocenters. The van der Waals surface area contributed by atoms with Crippen LogP contribution in [0.1, 0.15) is 11.5 Å². The summed E-state index contributed by atoms with van der Waals surface area (Å²) in [6, 6.07) is 7.87. The van der Waals surface area contributed by atoms with Crippen LogP contribution in [0.2, 0.25) is 0 Å². The number of nitrogens with zero attached hydrogens (tertiary/aromatic N) is 1. The molecule has 0 bridgehead atoms. The molecule has 136 valence electrons. The normalized spacial score (nSPS) is 24.4. The highest BCUT2D eigenvalue weighted by molar-refractivity contribution is 6.12. The topological polar surface area (TPSA) is 78.1 Å². The quantitative estimate of drug-likeness (QED) is 0.763. The van der Waals surface area contributed by atoms with Gasteiger partial charge < -0.3 is 13.9 Å². The van der Waals surface area contributed by atoms with Crippen molar-refractivity contribution in [3.63, 3.8) is 0 Å². The maximum absolute atomic E-state index is 14.4. The molecule has 3 aliphatic rings. The van der Waals surface area contributed by atoms with Crippen LogP contribution in [0.4, 0.5) is 4.39 Å². The number of hydrogen-bond acceptors (Lipinski definition) is 6. The fourth-order valence-electron chi connectivity index (χ4n) is 3.96. The standard InChI is InChI=1S/C20H14FNO5/c21-12-4-3-10(6-11(12)16-2-1-5-26-16)17-18-13(7-25-9-15(18)23)22-14-8-27-20(24)19(14)17/h1-6,17-18H,7-9H2. The van der Waals surface area contributed by atoms with E-state index in [2.05, 4.69) is 4.99 Å². The average Bonchev–Trinajstić information content (AvgIpc) is 3.31. The van der Waals surface area contributed by atoms with Gasteiger partial charge in [0.2, 0.25) is 0 Å². The van der Waals surface area contributed by atoms with E-state index < -0.39 is 23.6 Å². The third-order valence-corrected chi connectivity index (χ3v) is 5.13. The average molecular weight is 367 g/mol. The number of Topliss-reactive ketones (excluding diaryl/α,β-unsaturated/α-hetero) is 1. The number of aliphatic imine (C=N–C) groups is 1. The second kappa shape index (κ2) is 5.99. The Labute approximate surface area is 153 Å². The molecule has 5 rings (SSSR count). The summed E-state index contributed by atoms with van der Waals surface area (Å²) in [5.74, 6) is -1.90. The van der Waals surface area contributed by atoms with Gasteiger partial charge in [0.05, 0.1) is 41.3 Å². The van der Waals surface area contributed by atoms with Crippen molar-refractivity contribution in [2.75, 3.05) is 19.8 Å². The van der Waals surface area contributed by atoms with Crippen molar-refractivity contribution in [2.45, 2.75) is 5.92 Å². The minimum atomic E-state index is -0.613. The van der Waals surface area contributed by atoms with Crippen LogP contribution >= 0.6 is 0 Å². The number of furan rings is 1. The molecule has 0 radical (unpaired) electrons. The maximum Gasteiger partial charge on any atom is 0.337 e. The fraction of sp³-hybridized carbons (Fsp3) is 0.250. The first-order valence-corrected chi connectivity index (χ1v) is 8.55. The van der Waals surface area contributed by atoms with Crippen molar-refractivity contribution < 1.29 is 27.9 Å². The van der Waals surface area contributed by atoms with Gasteiger partial charge in [0.15, 0.2) is 5.78 Å². The van der Waals surface area contributed by atoms with E-state index in [1.165, 1.54) is 12.3 Å². The van der Waals surface area contributed by atoms with Gasteiger partial charge in [-0.05, 0) is 29.8 Å². The van der Waals surface area contributed by atoms with Crippen molar-refractivity contribution in [1.29, 1.82) is 0 Å². The van der Waals surface area contributed by atoms with Crippen molar-refractivity contribution in [3.05, 3.63) is 59.2 Å². The number of rotatable bonds is 2. The van der Waals surface area contributed by atoms with Crippen LogP contribution in [0, 0.1) is 11.7 Å². The van der Waals surface area contributed by atoms with Crippen LogP contribution < -0.4 is 0 Å². The number of ether oxygens (including phenoxy) is 2. The fourth-order valence-corrected chi connectivity index (χ4v) is 3.96. The summed E-state index contributed by atoms with van der Waals surface area (Å²) < 4.78 is 30.2. The highest BCUT2D eigenvalue weighted by atomic mass is 19.1. The van der Waals surface area contributed by atoms with E-state index in [1.54, 1.807) is 24.3 Å². The third kappa shape index (κ3) is 2.46. The molecule has 1 aromatic heterocycles. The Balaban J connectivity index is 1.68. The summed E-state index contributed by atoms with van der Waals surface area (Å²) in [6.07, 6.45) is 1.46. The maximum atomic E-state index is 14.4. The molecule has 3 aliphatic heterocycles. The summed E-state index contributed by atoms with van der Waals surface area (Å²) in [5, 5.41) is 0. The first-order chi connectivity index (χ1) is 13.1. The Kier molecular flexibility index (Phi) is 3.58. The minimum Gasteiger partial charge on any atom is -0.464 e. The van der Waals surface area contributed by atoms with Gasteiger partial charge in [-0.25, -0.2) is 9.18 Å². The van der Waals surface area contributed by atoms with Gasteiger partial charge in [0.25, 0.3) is 0 Å². The number of hydrogen-bond donors (Lipinski definition) is 0. The largest absolute Gasteiger partial charge is 0.464 e. The van der Waals surface area contributed by atoms with Crippen LogP contribution in [-0.4, -0.2) is 37.3 Å². The van der Waals surface area contributed by atoms with Crippen LogP contribution in [0.25, 0.3) is 11.3 Å². The number of carbonyl (C=O) groups excluding carboxylic acids is 2. The molecule has 0 N–H and O–H groups in total. The SMILES string of the molecule is O=C1OCC2=C1C(c1ccc(F)c(-c3ccco3)c1)C1C(=O)COCC1=N2. The molecular formula is C20H14FNO5. The van der Waals surface area contributed by atoms with Gasteiger partial charge in [-0.2, -0.15) is 0 Å². The highest BCUT2D eigenvalue weighted by Crippen LogP contribution is 2.44. The van der Waals surface area contributed by atoms with E-state index in [0.717, 1.165) is 0 Å². The zero-order valence-corrected chi connectivity index (χ0v) is 14.1. The number of fused-ring (bicyclic) bond motifs is 1. The van der Waals surface area contributed by atoms with Gasteiger partial charge in [-0.1, -0.05) is 6.07 Å². The summed E-state index contributed by atoms with van der Waals surface area (Å²) in [7, 11) is 0. The zero-order valence-electron chi connectivity index (χ0n) is 14.1. The molecular weight excluding hydrogens is 353 g/mol. The van der Waals surface area contributed by atoms with Gasteiger partial charge in [-0.15, -0.1) is 0 Å². The Hall–Kier alpha value is -3.06. The van der Waals surface area contributed by atoms with E-state index in [1.807, 2.05) is 0 Å². The predicted molar refractivity (Wildman–Crippen MR) is 91.6 cm³/mol. The van der Waals surface area contributed by atoms with Crippen molar-refractivity contribution in [3.8, 4) is 11.3 Å². The minimum absolute atomic E-state index is 0.0376. The van der Waals surface area contributed by atoms with E-state index >= 15 is 0 Å². The summed E-state index contributed by atoms with van der Waals surface area (Å²) in [5.41, 5.74) is 2.38. The Morgan fingerprint density at radius 2 is 1.96 bits per heavy atom. The van der Waals surface area contributed by atoms with E-state index in [-0.39, 0.29) is 31.2 Å². The first-order valence-electron chi connectivity index (χ1n) is 8.55. The second-order valence-electron chi connectivity index (χ2n) is 6.67. The molecule has 1 fully saturated rings. The van der Waals surface area contributed by atoms with Crippen molar-refractivity contribution in [1.82, 2.24) is 0 Å². The number of benzene rings is 1.